The molecule has 2 saturated heterocycles. The molecule has 1 amide bonds. The molecule has 2 aliphatic heterocycles. The molecule has 2 rings (SSSR count). The molecule has 2 aliphatic rings. The van der Waals surface area contributed by atoms with Gasteiger partial charge in [-0.3, -0.25) is 4.79 Å². The molecule has 12 unspecified atom stereocenters. The standard InChI is InChI=1S/C69H123NO13/c1-3-5-7-9-11-13-15-17-19-21-22-23-24-25-26-27-28-29-30-31-32-33-34-35-36-37-39-41-43-45-47-49-51-53-61(74)70-57(58(73)52-50-48-46-44-42-40-38-20-18-16-14-12-10-8-6-4-2)56-80-68-66(79)64(77)67(60(55-72)82-68)83-69-65(78)63(76)62(75)59(54-71)81-69/h5,7,11,13,17,19,22-23,25-26,28-29,57-60,62-69,71-73,75-79H,3-4,6,8-10,12,14-16,18,20-21,24,27,30-56H2,1-2H3,(H,70,74)/b7-5-,13-11-,19-17-,23-22-,26-25-,29-28-. The zero-order chi connectivity index (χ0) is 60.2. The van der Waals surface area contributed by atoms with Gasteiger partial charge in [-0.1, -0.05) is 267 Å². The van der Waals surface area contributed by atoms with Crippen molar-refractivity contribution in [1.29, 1.82) is 0 Å². The van der Waals surface area contributed by atoms with Gasteiger partial charge in [0.25, 0.3) is 0 Å². The van der Waals surface area contributed by atoms with Crippen LogP contribution in [0.4, 0.5) is 0 Å². The molecule has 0 aromatic rings. The SMILES string of the molecule is CC/C=C\C/C=C\C/C=C\C/C=C\C/C=C\C/C=C\CCCCCCCCCCCCCCCCC(=O)NC(COC1OC(CO)C(OC2OC(CO)C(O)C(O)C2O)C(O)C1O)C(O)CCCCCCCCCCCCCCCCCC. The fourth-order valence-electron chi connectivity index (χ4n) is 10.8. The number of hydrogen-bond acceptors (Lipinski definition) is 13. The fourth-order valence-corrected chi connectivity index (χ4v) is 10.8. The molecule has 0 bridgehead atoms. The lowest BCUT2D eigenvalue weighted by molar-refractivity contribution is -0.359. The molecule has 14 heteroatoms. The van der Waals surface area contributed by atoms with E-state index in [-0.39, 0.29) is 12.5 Å². The van der Waals surface area contributed by atoms with Gasteiger partial charge in [-0.05, 0) is 64.2 Å². The minimum absolute atomic E-state index is 0.208. The van der Waals surface area contributed by atoms with Gasteiger partial charge in [0, 0.05) is 6.42 Å². The smallest absolute Gasteiger partial charge is 0.220 e. The molecule has 0 radical (unpaired) electrons. The maximum absolute atomic E-state index is 13.3. The lowest BCUT2D eigenvalue weighted by Crippen LogP contribution is -2.65. The summed E-state index contributed by atoms with van der Waals surface area (Å²) >= 11 is 0. The van der Waals surface area contributed by atoms with E-state index in [4.69, 9.17) is 18.9 Å². The molecule has 0 spiro atoms. The number of allylic oxidation sites excluding steroid dienone is 12. The van der Waals surface area contributed by atoms with Gasteiger partial charge in [-0.25, -0.2) is 0 Å². The fraction of sp³-hybridized carbons (Fsp3) is 0.812. The lowest BCUT2D eigenvalue weighted by Gasteiger charge is -2.46. The average Bonchev–Trinajstić information content (AvgIpc) is 3.63. The van der Waals surface area contributed by atoms with Crippen LogP contribution in [0.5, 0.6) is 0 Å². The van der Waals surface area contributed by atoms with Crippen LogP contribution in [0, 0.1) is 0 Å². The Labute approximate surface area is 504 Å². The average molecular weight is 1170 g/mol. The van der Waals surface area contributed by atoms with Crippen LogP contribution in [0.15, 0.2) is 72.9 Å². The van der Waals surface area contributed by atoms with Gasteiger partial charge < -0.3 is 65.1 Å². The maximum Gasteiger partial charge on any atom is 0.220 e. The molecule has 83 heavy (non-hydrogen) atoms. The van der Waals surface area contributed by atoms with E-state index in [0.29, 0.717) is 12.8 Å². The number of ether oxygens (including phenoxy) is 4. The third kappa shape index (κ3) is 38.4. The normalized spacial score (nSPS) is 24.3. The largest absolute Gasteiger partial charge is 0.394 e. The van der Waals surface area contributed by atoms with Gasteiger partial charge in [-0.15, -0.1) is 0 Å². The highest BCUT2D eigenvalue weighted by atomic mass is 16.7. The molecule has 0 aromatic heterocycles. The first-order valence-electron chi connectivity index (χ1n) is 33.7. The Bertz CT molecular complexity index is 1670. The highest BCUT2D eigenvalue weighted by molar-refractivity contribution is 5.76. The predicted octanol–water partition coefficient (Wildman–Crippen LogP) is 13.1. The van der Waals surface area contributed by atoms with Gasteiger partial charge >= 0.3 is 0 Å². The number of rotatable bonds is 54. The summed E-state index contributed by atoms with van der Waals surface area (Å²) in [4.78, 5) is 13.3. The highest BCUT2D eigenvalue weighted by Crippen LogP contribution is 2.30. The third-order valence-electron chi connectivity index (χ3n) is 16.2. The molecule has 0 saturated carbocycles. The van der Waals surface area contributed by atoms with Crippen LogP contribution in [0.3, 0.4) is 0 Å². The Hall–Kier alpha value is -2.57. The first-order valence-corrected chi connectivity index (χ1v) is 33.7. The van der Waals surface area contributed by atoms with Crippen molar-refractivity contribution in [3.8, 4) is 0 Å². The first-order chi connectivity index (χ1) is 40.6. The molecule has 0 aliphatic carbocycles. The van der Waals surface area contributed by atoms with Gasteiger partial charge in [0.05, 0.1) is 32.0 Å². The number of unbranched alkanes of at least 4 members (excludes halogenated alkanes) is 29. The van der Waals surface area contributed by atoms with Crippen LogP contribution < -0.4 is 5.32 Å². The van der Waals surface area contributed by atoms with Crippen molar-refractivity contribution < 1.29 is 64.6 Å². The van der Waals surface area contributed by atoms with E-state index in [2.05, 4.69) is 92.1 Å². The van der Waals surface area contributed by atoms with Crippen LogP contribution >= 0.6 is 0 Å². The van der Waals surface area contributed by atoms with Gasteiger partial charge in [0.1, 0.15) is 48.8 Å². The number of aliphatic hydroxyl groups is 8. The molecular formula is C69H123NO13. The third-order valence-corrected chi connectivity index (χ3v) is 16.2. The molecule has 14 nitrogen and oxygen atoms in total. The molecule has 9 N–H and O–H groups in total. The van der Waals surface area contributed by atoms with Crippen molar-refractivity contribution in [2.24, 2.45) is 0 Å². The second-order valence-corrected chi connectivity index (χ2v) is 23.6. The lowest BCUT2D eigenvalue weighted by atomic mass is 9.97. The Kier molecular flexibility index (Phi) is 49.5. The monoisotopic (exact) mass is 1170 g/mol. The number of nitrogens with one attached hydrogen (secondary N) is 1. The number of amides is 1. The van der Waals surface area contributed by atoms with Crippen LogP contribution in [0.1, 0.15) is 264 Å². The molecule has 12 atom stereocenters. The summed E-state index contributed by atoms with van der Waals surface area (Å²) in [5.41, 5.74) is 0. The molecule has 0 aromatic carbocycles. The zero-order valence-corrected chi connectivity index (χ0v) is 52.2. The van der Waals surface area contributed by atoms with E-state index >= 15 is 0 Å². The molecular weight excluding hydrogens is 1050 g/mol. The van der Waals surface area contributed by atoms with E-state index in [9.17, 15) is 45.6 Å². The second-order valence-electron chi connectivity index (χ2n) is 23.6. The minimum atomic E-state index is -1.78. The summed E-state index contributed by atoms with van der Waals surface area (Å²) in [5.74, 6) is -0.208. The predicted molar refractivity (Wildman–Crippen MR) is 337 cm³/mol. The van der Waals surface area contributed by atoms with Crippen molar-refractivity contribution in [3.05, 3.63) is 72.9 Å². The Balaban J connectivity index is 1.64. The quantitative estimate of drug-likeness (QED) is 0.0204. The van der Waals surface area contributed by atoms with Gasteiger partial charge in [-0.2, -0.15) is 0 Å². The van der Waals surface area contributed by atoms with E-state index in [1.165, 1.54) is 148 Å². The zero-order valence-electron chi connectivity index (χ0n) is 52.2. The summed E-state index contributed by atoms with van der Waals surface area (Å²) in [5, 5.41) is 87.5. The first kappa shape index (κ1) is 76.5. The summed E-state index contributed by atoms with van der Waals surface area (Å²) in [6.07, 6.45) is 54.8. The van der Waals surface area contributed by atoms with E-state index in [1.807, 2.05) is 0 Å². The summed E-state index contributed by atoms with van der Waals surface area (Å²) in [6, 6.07) is -0.832. The van der Waals surface area contributed by atoms with Crippen LogP contribution in [0.2, 0.25) is 0 Å². The number of hydrogen-bond donors (Lipinski definition) is 9. The van der Waals surface area contributed by atoms with Crippen LogP contribution in [0.25, 0.3) is 0 Å². The van der Waals surface area contributed by atoms with Gasteiger partial charge in [0.15, 0.2) is 12.6 Å². The molecule has 2 heterocycles. The second kappa shape index (κ2) is 53.7. The minimum Gasteiger partial charge on any atom is -0.394 e. The molecule has 482 valence electrons. The summed E-state index contributed by atoms with van der Waals surface area (Å²) < 4.78 is 22.9. The number of aliphatic hydroxyl groups excluding tert-OH is 8. The van der Waals surface area contributed by atoms with E-state index in [0.717, 1.165) is 89.9 Å². The maximum atomic E-state index is 13.3. The van der Waals surface area contributed by atoms with Crippen molar-refractivity contribution in [3.63, 3.8) is 0 Å². The van der Waals surface area contributed by atoms with E-state index in [1.54, 1.807) is 0 Å². The highest BCUT2D eigenvalue weighted by Gasteiger charge is 2.51. The Morgan fingerprint density at radius 2 is 0.831 bits per heavy atom. The van der Waals surface area contributed by atoms with Gasteiger partial charge in [0.2, 0.25) is 5.91 Å². The van der Waals surface area contributed by atoms with Crippen molar-refractivity contribution >= 4 is 5.91 Å². The van der Waals surface area contributed by atoms with Crippen molar-refractivity contribution in [1.82, 2.24) is 5.32 Å². The summed E-state index contributed by atoms with van der Waals surface area (Å²) in [7, 11) is 0. The topological polar surface area (TPSA) is 228 Å². The van der Waals surface area contributed by atoms with E-state index < -0.39 is 86.8 Å². The van der Waals surface area contributed by atoms with Crippen molar-refractivity contribution in [2.75, 3.05) is 19.8 Å². The van der Waals surface area contributed by atoms with Crippen molar-refractivity contribution in [2.45, 2.75) is 338 Å². The number of carbonyl (C=O) groups excluding carboxylic acids is 1. The van der Waals surface area contributed by atoms with Crippen LogP contribution in [-0.4, -0.2) is 140 Å². The molecule has 2 fully saturated rings. The Morgan fingerprint density at radius 3 is 1.28 bits per heavy atom. The number of carbonyl (C=O) groups is 1. The summed E-state index contributed by atoms with van der Waals surface area (Å²) in [6.45, 7) is 2.76. The van der Waals surface area contributed by atoms with Crippen LogP contribution in [-0.2, 0) is 23.7 Å². The Morgan fingerprint density at radius 1 is 0.446 bits per heavy atom.